The summed E-state index contributed by atoms with van der Waals surface area (Å²) in [6.45, 7) is 1.84. The lowest BCUT2D eigenvalue weighted by molar-refractivity contribution is 0.171. The topological polar surface area (TPSA) is 79.1 Å². The molecule has 4 rings (SSSR count). The van der Waals surface area contributed by atoms with Gasteiger partial charge in [-0.25, -0.2) is 4.79 Å². The second kappa shape index (κ2) is 5.14. The quantitative estimate of drug-likeness (QED) is 0.692. The van der Waals surface area contributed by atoms with Gasteiger partial charge in [-0.1, -0.05) is 6.07 Å². The first-order valence-corrected chi connectivity index (χ1v) is 7.12. The average Bonchev–Trinajstić information content (AvgIpc) is 2.92. The van der Waals surface area contributed by atoms with Gasteiger partial charge in [-0.05, 0) is 35.9 Å². The molecule has 0 fully saturated rings. The number of rotatable bonds is 3. The fourth-order valence-electron chi connectivity index (χ4n) is 2.54. The summed E-state index contributed by atoms with van der Waals surface area (Å²) < 4.78 is 11.1. The van der Waals surface area contributed by atoms with E-state index in [-0.39, 0.29) is 5.69 Å². The molecule has 0 radical (unpaired) electrons. The molecule has 0 spiro atoms. The van der Waals surface area contributed by atoms with E-state index >= 15 is 0 Å². The van der Waals surface area contributed by atoms with Crippen LogP contribution in [0.1, 0.15) is 5.56 Å². The third-order valence-corrected chi connectivity index (χ3v) is 3.62. The number of fused-ring (bicyclic) bond motifs is 2. The van der Waals surface area contributed by atoms with Gasteiger partial charge in [0.05, 0.1) is 11.0 Å². The minimum Gasteiger partial charge on any atom is -0.486 e. The standard InChI is InChI=1S/C16H15N3O3/c20-16-18-12-3-2-11(8-13(12)19-16)17-9-10-1-4-14-15(7-10)22-6-5-21-14/h1-4,7-8,17H,5-6,9H2,(H2,18,19,20). The lowest BCUT2D eigenvalue weighted by Crippen LogP contribution is -2.15. The highest BCUT2D eigenvalue weighted by Gasteiger charge is 2.11. The van der Waals surface area contributed by atoms with Crippen molar-refractivity contribution in [1.29, 1.82) is 0 Å². The van der Waals surface area contributed by atoms with E-state index in [1.807, 2.05) is 36.4 Å². The van der Waals surface area contributed by atoms with Gasteiger partial charge in [0.2, 0.25) is 0 Å². The molecule has 1 aromatic heterocycles. The van der Waals surface area contributed by atoms with Gasteiger partial charge in [0.25, 0.3) is 0 Å². The number of H-pyrrole nitrogens is 2. The second-order valence-corrected chi connectivity index (χ2v) is 5.17. The molecule has 2 heterocycles. The zero-order chi connectivity index (χ0) is 14.9. The van der Waals surface area contributed by atoms with E-state index in [4.69, 9.17) is 9.47 Å². The highest BCUT2D eigenvalue weighted by molar-refractivity contribution is 5.78. The normalized spacial score (nSPS) is 13.3. The molecule has 0 amide bonds. The molecular formula is C16H15N3O3. The number of benzene rings is 2. The van der Waals surface area contributed by atoms with Gasteiger partial charge in [0.1, 0.15) is 13.2 Å². The Balaban J connectivity index is 1.52. The Kier molecular flexibility index (Phi) is 3.00. The van der Waals surface area contributed by atoms with Crippen LogP contribution in [0.25, 0.3) is 11.0 Å². The van der Waals surface area contributed by atoms with Crippen molar-refractivity contribution in [3.63, 3.8) is 0 Å². The van der Waals surface area contributed by atoms with Gasteiger partial charge in [-0.15, -0.1) is 0 Å². The third-order valence-electron chi connectivity index (χ3n) is 3.62. The van der Waals surface area contributed by atoms with Crippen LogP contribution in [-0.4, -0.2) is 23.2 Å². The van der Waals surface area contributed by atoms with E-state index in [2.05, 4.69) is 15.3 Å². The van der Waals surface area contributed by atoms with E-state index in [9.17, 15) is 4.79 Å². The Morgan fingerprint density at radius 1 is 0.955 bits per heavy atom. The molecule has 2 aromatic carbocycles. The van der Waals surface area contributed by atoms with Gasteiger partial charge in [-0.3, -0.25) is 0 Å². The largest absolute Gasteiger partial charge is 0.486 e. The Morgan fingerprint density at radius 2 is 1.77 bits per heavy atom. The Hall–Kier alpha value is -2.89. The van der Waals surface area contributed by atoms with E-state index < -0.39 is 0 Å². The molecule has 0 unspecified atom stereocenters. The molecule has 0 bridgehead atoms. The fraction of sp³-hybridized carbons (Fsp3) is 0.188. The van der Waals surface area contributed by atoms with E-state index in [0.29, 0.717) is 19.8 Å². The van der Waals surface area contributed by atoms with Crippen LogP contribution in [0.2, 0.25) is 0 Å². The number of nitrogens with one attached hydrogen (secondary N) is 3. The Bertz CT molecular complexity index is 882. The number of aromatic nitrogens is 2. The SMILES string of the molecule is O=c1[nH]c2ccc(NCc3ccc4c(c3)OCCO4)cc2[nH]1. The van der Waals surface area contributed by atoms with Gasteiger partial charge in [0.15, 0.2) is 11.5 Å². The van der Waals surface area contributed by atoms with E-state index in [1.165, 1.54) is 0 Å². The summed E-state index contributed by atoms with van der Waals surface area (Å²) in [6.07, 6.45) is 0. The average molecular weight is 297 g/mol. The molecule has 3 N–H and O–H groups in total. The number of hydrogen-bond donors (Lipinski definition) is 3. The maximum absolute atomic E-state index is 11.3. The van der Waals surface area contributed by atoms with Crippen LogP contribution in [0.4, 0.5) is 5.69 Å². The van der Waals surface area contributed by atoms with Crippen molar-refractivity contribution in [2.45, 2.75) is 6.54 Å². The fourth-order valence-corrected chi connectivity index (χ4v) is 2.54. The van der Waals surface area contributed by atoms with Crippen molar-refractivity contribution in [3.05, 3.63) is 52.4 Å². The lowest BCUT2D eigenvalue weighted by Gasteiger charge is -2.19. The monoisotopic (exact) mass is 297 g/mol. The summed E-state index contributed by atoms with van der Waals surface area (Å²) in [5.74, 6) is 1.58. The third kappa shape index (κ3) is 2.39. The summed E-state index contributed by atoms with van der Waals surface area (Å²) in [4.78, 5) is 16.7. The predicted octanol–water partition coefficient (Wildman–Crippen LogP) is 2.24. The number of hydrogen-bond acceptors (Lipinski definition) is 4. The van der Waals surface area contributed by atoms with Crippen LogP contribution in [-0.2, 0) is 6.54 Å². The van der Waals surface area contributed by atoms with Crippen molar-refractivity contribution in [1.82, 2.24) is 9.97 Å². The predicted molar refractivity (Wildman–Crippen MR) is 83.7 cm³/mol. The minimum atomic E-state index is -0.195. The second-order valence-electron chi connectivity index (χ2n) is 5.17. The summed E-state index contributed by atoms with van der Waals surface area (Å²) >= 11 is 0. The summed E-state index contributed by atoms with van der Waals surface area (Å²) in [7, 11) is 0. The number of ether oxygens (including phenoxy) is 2. The summed E-state index contributed by atoms with van der Waals surface area (Å²) in [6, 6.07) is 11.6. The molecular weight excluding hydrogens is 282 g/mol. The first-order valence-electron chi connectivity index (χ1n) is 7.12. The van der Waals surface area contributed by atoms with Gasteiger partial charge < -0.3 is 24.8 Å². The molecule has 0 atom stereocenters. The first kappa shape index (κ1) is 12.8. The summed E-state index contributed by atoms with van der Waals surface area (Å²) in [5.41, 5.74) is 3.44. The maximum atomic E-state index is 11.3. The molecule has 22 heavy (non-hydrogen) atoms. The summed E-state index contributed by atoms with van der Waals surface area (Å²) in [5, 5.41) is 3.34. The van der Waals surface area contributed by atoms with Crippen molar-refractivity contribution >= 4 is 16.7 Å². The molecule has 6 heteroatoms. The molecule has 1 aliphatic rings. The van der Waals surface area contributed by atoms with Crippen molar-refractivity contribution < 1.29 is 9.47 Å². The van der Waals surface area contributed by atoms with Gasteiger partial charge in [0, 0.05) is 12.2 Å². The first-order chi connectivity index (χ1) is 10.8. The van der Waals surface area contributed by atoms with Crippen molar-refractivity contribution in [2.75, 3.05) is 18.5 Å². The number of imidazole rings is 1. The molecule has 0 aliphatic carbocycles. The van der Waals surface area contributed by atoms with Crippen LogP contribution < -0.4 is 20.5 Å². The smallest absolute Gasteiger partial charge is 0.323 e. The highest BCUT2D eigenvalue weighted by Crippen LogP contribution is 2.31. The molecule has 1 aliphatic heterocycles. The van der Waals surface area contributed by atoms with Crippen LogP contribution in [0.5, 0.6) is 11.5 Å². The number of anilines is 1. The maximum Gasteiger partial charge on any atom is 0.323 e. The van der Waals surface area contributed by atoms with E-state index in [1.54, 1.807) is 0 Å². The molecule has 0 saturated carbocycles. The van der Waals surface area contributed by atoms with Gasteiger partial charge in [-0.2, -0.15) is 0 Å². The zero-order valence-electron chi connectivity index (χ0n) is 11.8. The van der Waals surface area contributed by atoms with Crippen molar-refractivity contribution in [3.8, 4) is 11.5 Å². The zero-order valence-corrected chi connectivity index (χ0v) is 11.8. The molecule has 3 aromatic rings. The van der Waals surface area contributed by atoms with Crippen LogP contribution in [0, 0.1) is 0 Å². The lowest BCUT2D eigenvalue weighted by atomic mass is 10.2. The molecule has 0 saturated heterocycles. The number of aromatic amines is 2. The van der Waals surface area contributed by atoms with Crippen molar-refractivity contribution in [2.24, 2.45) is 0 Å². The van der Waals surface area contributed by atoms with Crippen LogP contribution >= 0.6 is 0 Å². The van der Waals surface area contributed by atoms with Crippen LogP contribution in [0.3, 0.4) is 0 Å². The minimum absolute atomic E-state index is 0.195. The highest BCUT2D eigenvalue weighted by atomic mass is 16.6. The van der Waals surface area contributed by atoms with E-state index in [0.717, 1.165) is 33.8 Å². The van der Waals surface area contributed by atoms with Crippen LogP contribution in [0.15, 0.2) is 41.2 Å². The Morgan fingerprint density at radius 3 is 2.68 bits per heavy atom. The molecule has 112 valence electrons. The Labute approximate surface area is 126 Å². The van der Waals surface area contributed by atoms with Gasteiger partial charge >= 0.3 is 5.69 Å². The molecule has 6 nitrogen and oxygen atoms in total.